The van der Waals surface area contributed by atoms with E-state index in [2.05, 4.69) is 0 Å². The first kappa shape index (κ1) is 13.8. The first-order valence-corrected chi connectivity index (χ1v) is 7.85. The summed E-state index contributed by atoms with van der Waals surface area (Å²) in [6.07, 6.45) is 0. The fourth-order valence-corrected chi connectivity index (χ4v) is 2.80. The number of carbonyl (C=O) groups excluding carboxylic acids is 1. The van der Waals surface area contributed by atoms with E-state index in [0.29, 0.717) is 5.56 Å². The highest BCUT2D eigenvalue weighted by atomic mass is 35.7. The molecule has 0 fully saturated rings. The van der Waals surface area contributed by atoms with Gasteiger partial charge in [0.1, 0.15) is 0 Å². The van der Waals surface area contributed by atoms with Gasteiger partial charge in [-0.3, -0.25) is 4.79 Å². The van der Waals surface area contributed by atoms with Crippen LogP contribution in [0, 0.1) is 6.92 Å². The Morgan fingerprint density at radius 2 is 1.58 bits per heavy atom. The number of aryl methyl sites for hydroxylation is 1. The largest absolute Gasteiger partial charge is 0.289 e. The molecule has 0 heterocycles. The monoisotopic (exact) mass is 294 g/mol. The lowest BCUT2D eigenvalue weighted by molar-refractivity contribution is 0.103. The Morgan fingerprint density at radius 3 is 2.16 bits per heavy atom. The molecule has 0 radical (unpaired) electrons. The van der Waals surface area contributed by atoms with Gasteiger partial charge in [0.05, 0.1) is 4.90 Å². The standard InChI is InChI=1S/C14H11ClO3S/c1-10-6-8-11(9-7-10)14(16)12-4-2-3-5-13(12)19(15,17)18/h2-9H,1H3. The van der Waals surface area contributed by atoms with Crippen molar-refractivity contribution < 1.29 is 13.2 Å². The molecule has 0 aromatic heterocycles. The second-order valence-electron chi connectivity index (χ2n) is 4.13. The average molecular weight is 295 g/mol. The van der Waals surface area contributed by atoms with Crippen LogP contribution >= 0.6 is 10.7 Å². The van der Waals surface area contributed by atoms with E-state index >= 15 is 0 Å². The predicted molar refractivity (Wildman–Crippen MR) is 74.1 cm³/mol. The summed E-state index contributed by atoms with van der Waals surface area (Å²) in [5, 5.41) is 0. The van der Waals surface area contributed by atoms with Crippen molar-refractivity contribution in [2.75, 3.05) is 0 Å². The molecule has 0 amide bonds. The van der Waals surface area contributed by atoms with Gasteiger partial charge in [0.15, 0.2) is 5.78 Å². The molecule has 0 N–H and O–H groups in total. The van der Waals surface area contributed by atoms with Crippen LogP contribution < -0.4 is 0 Å². The lowest BCUT2D eigenvalue weighted by atomic mass is 10.0. The molecule has 2 aromatic carbocycles. The summed E-state index contributed by atoms with van der Waals surface area (Å²) >= 11 is 0. The van der Waals surface area contributed by atoms with E-state index in [1.807, 2.05) is 6.92 Å². The fraction of sp³-hybridized carbons (Fsp3) is 0.0714. The quantitative estimate of drug-likeness (QED) is 0.645. The molecule has 2 rings (SSSR count). The van der Waals surface area contributed by atoms with E-state index in [-0.39, 0.29) is 16.2 Å². The number of hydrogen-bond acceptors (Lipinski definition) is 3. The van der Waals surface area contributed by atoms with Crippen LogP contribution in [0.1, 0.15) is 21.5 Å². The number of carbonyl (C=O) groups is 1. The van der Waals surface area contributed by atoms with E-state index in [4.69, 9.17) is 10.7 Å². The van der Waals surface area contributed by atoms with Gasteiger partial charge in [-0.25, -0.2) is 8.42 Å². The zero-order valence-corrected chi connectivity index (χ0v) is 11.7. The molecule has 0 saturated carbocycles. The van der Waals surface area contributed by atoms with Crippen LogP contribution in [0.15, 0.2) is 53.4 Å². The molecule has 0 aliphatic heterocycles. The lowest BCUT2D eigenvalue weighted by Gasteiger charge is -2.06. The summed E-state index contributed by atoms with van der Waals surface area (Å²) in [5.41, 5.74) is 1.54. The number of halogens is 1. The molecule has 0 spiro atoms. The van der Waals surface area contributed by atoms with Crippen LogP contribution in [0.4, 0.5) is 0 Å². The highest BCUT2D eigenvalue weighted by molar-refractivity contribution is 8.13. The number of ketones is 1. The molecule has 0 unspecified atom stereocenters. The zero-order chi connectivity index (χ0) is 14.0. The molecular formula is C14H11ClO3S. The van der Waals surface area contributed by atoms with Crippen LogP contribution in [0.25, 0.3) is 0 Å². The molecule has 98 valence electrons. The van der Waals surface area contributed by atoms with E-state index in [9.17, 15) is 13.2 Å². The normalized spacial score (nSPS) is 11.3. The summed E-state index contributed by atoms with van der Waals surface area (Å²) < 4.78 is 22.9. The lowest BCUT2D eigenvalue weighted by Crippen LogP contribution is -2.07. The topological polar surface area (TPSA) is 51.2 Å². The van der Waals surface area contributed by atoms with Crippen molar-refractivity contribution in [1.82, 2.24) is 0 Å². The highest BCUT2D eigenvalue weighted by Crippen LogP contribution is 2.22. The fourth-order valence-electron chi connectivity index (χ4n) is 1.73. The van der Waals surface area contributed by atoms with Crippen LogP contribution in [0.5, 0.6) is 0 Å². The van der Waals surface area contributed by atoms with Gasteiger partial charge in [0.25, 0.3) is 9.05 Å². The van der Waals surface area contributed by atoms with Gasteiger partial charge >= 0.3 is 0 Å². The van der Waals surface area contributed by atoms with Crippen molar-refractivity contribution in [2.24, 2.45) is 0 Å². The minimum atomic E-state index is -3.94. The van der Waals surface area contributed by atoms with Gasteiger partial charge in [-0.2, -0.15) is 0 Å². The first-order valence-electron chi connectivity index (χ1n) is 5.54. The SMILES string of the molecule is Cc1ccc(C(=O)c2ccccc2S(=O)(=O)Cl)cc1. The van der Waals surface area contributed by atoms with Gasteiger partial charge in [-0.05, 0) is 19.1 Å². The summed E-state index contributed by atoms with van der Waals surface area (Å²) in [6, 6.07) is 12.8. The van der Waals surface area contributed by atoms with Gasteiger partial charge in [-0.15, -0.1) is 0 Å². The molecule has 0 bridgehead atoms. The number of hydrogen-bond donors (Lipinski definition) is 0. The third-order valence-corrected chi connectivity index (χ3v) is 4.09. The van der Waals surface area contributed by atoms with Gasteiger partial charge in [0, 0.05) is 21.8 Å². The van der Waals surface area contributed by atoms with Crippen LogP contribution in [0.2, 0.25) is 0 Å². The Hall–Kier alpha value is -1.65. The average Bonchev–Trinajstić information content (AvgIpc) is 2.38. The maximum absolute atomic E-state index is 12.3. The zero-order valence-electron chi connectivity index (χ0n) is 10.1. The van der Waals surface area contributed by atoms with Crippen molar-refractivity contribution in [3.05, 3.63) is 65.2 Å². The van der Waals surface area contributed by atoms with E-state index < -0.39 is 9.05 Å². The molecule has 19 heavy (non-hydrogen) atoms. The molecule has 0 saturated heterocycles. The third-order valence-electron chi connectivity index (χ3n) is 2.71. The number of rotatable bonds is 3. The smallest absolute Gasteiger partial charge is 0.262 e. The summed E-state index contributed by atoms with van der Waals surface area (Å²) in [4.78, 5) is 12.1. The second kappa shape index (κ2) is 5.15. The van der Waals surface area contributed by atoms with E-state index in [0.717, 1.165) is 5.56 Å². The van der Waals surface area contributed by atoms with Crippen LogP contribution in [-0.2, 0) is 9.05 Å². The third kappa shape index (κ3) is 3.03. The predicted octanol–water partition coefficient (Wildman–Crippen LogP) is 3.15. The maximum atomic E-state index is 12.3. The summed E-state index contributed by atoms with van der Waals surface area (Å²) in [7, 11) is 1.40. The van der Waals surface area contributed by atoms with Crippen molar-refractivity contribution in [3.63, 3.8) is 0 Å². The van der Waals surface area contributed by atoms with Gasteiger partial charge < -0.3 is 0 Å². The minimum Gasteiger partial charge on any atom is -0.289 e. The maximum Gasteiger partial charge on any atom is 0.262 e. The Morgan fingerprint density at radius 1 is 1.00 bits per heavy atom. The van der Waals surface area contributed by atoms with Crippen molar-refractivity contribution in [2.45, 2.75) is 11.8 Å². The molecule has 2 aromatic rings. The second-order valence-corrected chi connectivity index (χ2v) is 6.66. The molecule has 0 atom stereocenters. The van der Waals surface area contributed by atoms with Gasteiger partial charge in [0.2, 0.25) is 0 Å². The van der Waals surface area contributed by atoms with Crippen molar-refractivity contribution in [1.29, 1.82) is 0 Å². The first-order chi connectivity index (χ1) is 8.89. The molecular weight excluding hydrogens is 284 g/mol. The van der Waals surface area contributed by atoms with E-state index in [1.165, 1.54) is 18.2 Å². The molecule has 0 aliphatic rings. The Balaban J connectivity index is 2.54. The van der Waals surface area contributed by atoms with Crippen LogP contribution in [0.3, 0.4) is 0 Å². The van der Waals surface area contributed by atoms with Gasteiger partial charge in [-0.1, -0.05) is 42.0 Å². The van der Waals surface area contributed by atoms with Crippen molar-refractivity contribution >= 4 is 25.5 Å². The Bertz CT molecular complexity index is 719. The Kier molecular flexibility index (Phi) is 3.73. The van der Waals surface area contributed by atoms with E-state index in [1.54, 1.807) is 30.3 Å². The molecule has 3 nitrogen and oxygen atoms in total. The summed E-state index contributed by atoms with van der Waals surface area (Å²) in [6.45, 7) is 1.91. The highest BCUT2D eigenvalue weighted by Gasteiger charge is 2.20. The molecule has 0 aliphatic carbocycles. The van der Waals surface area contributed by atoms with Crippen molar-refractivity contribution in [3.8, 4) is 0 Å². The minimum absolute atomic E-state index is 0.0846. The number of benzene rings is 2. The Labute approximate surface area is 116 Å². The summed E-state index contributed by atoms with van der Waals surface area (Å²) in [5.74, 6) is -0.361. The van der Waals surface area contributed by atoms with Crippen LogP contribution in [-0.4, -0.2) is 14.2 Å². The molecule has 5 heteroatoms.